The zero-order chi connectivity index (χ0) is 49.9. The van der Waals surface area contributed by atoms with E-state index in [1.807, 2.05) is 25.9 Å². The summed E-state index contributed by atoms with van der Waals surface area (Å²) in [6, 6.07) is 0.273. The van der Waals surface area contributed by atoms with Crippen molar-refractivity contribution in [1.29, 1.82) is 0 Å². The molecular formula is C47H69N5O15. The molecule has 4 N–H and O–H groups in total. The lowest BCUT2D eigenvalue weighted by Crippen LogP contribution is -2.65. The van der Waals surface area contributed by atoms with Crippen LogP contribution in [0.25, 0.3) is 10.9 Å². The second-order valence-corrected chi connectivity index (χ2v) is 19.0. The molecule has 2 aromatic rings. The number of ketones is 2. The highest BCUT2D eigenvalue weighted by atomic mass is 16.7. The number of aliphatic carboxylic acids is 2. The number of aliphatic hydroxyl groups is 1. The monoisotopic (exact) mass is 943 g/mol. The first kappa shape index (κ1) is 52.8. The Kier molecular flexibility index (Phi) is 16.9. The van der Waals surface area contributed by atoms with Gasteiger partial charge in [-0.1, -0.05) is 27.7 Å². The van der Waals surface area contributed by atoms with Crippen molar-refractivity contribution in [3.05, 3.63) is 42.4 Å². The maximum Gasteiger partial charge on any atom is 0.411 e. The third-order valence-corrected chi connectivity index (χ3v) is 13.9. The molecular weight excluding hydrogens is 875 g/mol. The summed E-state index contributed by atoms with van der Waals surface area (Å²) in [5.74, 6) is -7.61. The lowest BCUT2D eigenvalue weighted by Gasteiger charge is -2.48. The molecule has 0 aromatic carbocycles. The van der Waals surface area contributed by atoms with Crippen LogP contribution in [-0.4, -0.2) is 175 Å². The Morgan fingerprint density at radius 3 is 2.22 bits per heavy atom. The summed E-state index contributed by atoms with van der Waals surface area (Å²) in [7, 11) is 5.22. The standard InChI is InChI=1S/C43H63N5O11.C4H4O4.H2/c1-12-33-43(8)37(48(41(54)59-43)27-19-47(20-27)21-29-28-17-44-14-13-30(28)45-18-32(29)49)24(4)34(50)22(2)16-42(7,55-11)38(25(5)35(51)26(6)39(53)57-33)58-40-36(52)31(46(9)10)15-23(3)56-40;5-3(6)1-2-4(7)8;/h13-14,17-18,22-27,31,33,36-38,40,49,52H,12,15-16,19-21H2,1-11H3;1-2H,(H,5,6)(H,7,8);1H/b;2-1+;/t22-,23-,24+,25+,26-,31+,33-,36-,37-,38-,40+,42-,43-;;/m1../s1. The van der Waals surface area contributed by atoms with Gasteiger partial charge in [-0.05, 0) is 67.1 Å². The van der Waals surface area contributed by atoms with Crippen molar-refractivity contribution < 1.29 is 74.3 Å². The van der Waals surface area contributed by atoms with E-state index in [2.05, 4.69) is 14.9 Å². The molecule has 2 aromatic heterocycles. The van der Waals surface area contributed by atoms with Gasteiger partial charge in [0.15, 0.2) is 17.7 Å². The number of methoxy groups -OCH3 is 1. The van der Waals surface area contributed by atoms with Crippen LogP contribution in [0.5, 0.6) is 5.75 Å². The minimum Gasteiger partial charge on any atom is -0.506 e. The van der Waals surface area contributed by atoms with E-state index in [9.17, 15) is 39.0 Å². The second-order valence-electron chi connectivity index (χ2n) is 19.0. The Hall–Kier alpha value is -5.12. The number of nitrogens with zero attached hydrogens (tertiary/aromatic N) is 5. The number of esters is 1. The van der Waals surface area contributed by atoms with E-state index in [1.54, 1.807) is 64.9 Å². The number of hydrogen-bond donors (Lipinski definition) is 4. The molecule has 0 unspecified atom stereocenters. The molecule has 20 heteroatoms. The molecule has 4 aliphatic heterocycles. The van der Waals surface area contributed by atoms with Crippen LogP contribution in [-0.2, 0) is 54.2 Å². The number of likely N-dealkylation sites (tertiary alicyclic amines) is 1. The van der Waals surface area contributed by atoms with E-state index in [4.69, 9.17) is 33.9 Å². The van der Waals surface area contributed by atoms with Crippen LogP contribution in [0.15, 0.2) is 36.8 Å². The number of aliphatic hydroxyl groups excluding tert-OH is 1. The molecule has 6 rings (SSSR count). The number of pyridine rings is 2. The number of ether oxygens (including phenoxy) is 5. The van der Waals surface area contributed by atoms with Crippen molar-refractivity contribution in [1.82, 2.24) is 24.7 Å². The minimum atomic E-state index is -1.45. The molecule has 372 valence electrons. The van der Waals surface area contributed by atoms with Gasteiger partial charge >= 0.3 is 24.0 Å². The Morgan fingerprint density at radius 2 is 1.64 bits per heavy atom. The zero-order valence-corrected chi connectivity index (χ0v) is 40.2. The first-order valence-corrected chi connectivity index (χ1v) is 22.6. The van der Waals surface area contributed by atoms with Crippen LogP contribution in [0.3, 0.4) is 0 Å². The van der Waals surface area contributed by atoms with Gasteiger partial charge in [0.2, 0.25) is 0 Å². The highest BCUT2D eigenvalue weighted by Gasteiger charge is 2.62. The number of likely N-dealkylation sites (N-methyl/N-ethyl adjacent to an activating group) is 1. The fourth-order valence-corrected chi connectivity index (χ4v) is 10.2. The summed E-state index contributed by atoms with van der Waals surface area (Å²) < 4.78 is 31.3. The van der Waals surface area contributed by atoms with E-state index >= 15 is 0 Å². The molecule has 0 saturated carbocycles. The molecule has 0 radical (unpaired) electrons. The molecule has 67 heavy (non-hydrogen) atoms. The van der Waals surface area contributed by atoms with Crippen molar-refractivity contribution in [2.24, 2.45) is 23.7 Å². The van der Waals surface area contributed by atoms with Gasteiger partial charge in [-0.15, -0.1) is 0 Å². The topological polar surface area (TPSA) is 265 Å². The maximum absolute atomic E-state index is 14.8. The van der Waals surface area contributed by atoms with Gasteiger partial charge in [-0.2, -0.15) is 0 Å². The normalized spacial score (nSPS) is 34.8. The summed E-state index contributed by atoms with van der Waals surface area (Å²) in [4.78, 5) is 90.6. The van der Waals surface area contributed by atoms with Crippen LogP contribution in [0.1, 0.15) is 81.6 Å². The molecule has 0 aliphatic carbocycles. The lowest BCUT2D eigenvalue weighted by atomic mass is 9.73. The van der Waals surface area contributed by atoms with Crippen molar-refractivity contribution in [2.75, 3.05) is 34.3 Å². The molecule has 13 atom stereocenters. The average molecular weight is 944 g/mol. The largest absolute Gasteiger partial charge is 0.506 e. The predicted molar refractivity (Wildman–Crippen MR) is 241 cm³/mol. The number of hydrogen-bond acceptors (Lipinski definition) is 17. The summed E-state index contributed by atoms with van der Waals surface area (Å²) in [6.45, 7) is 15.1. The number of fused-ring (bicyclic) bond motifs is 2. The number of amides is 1. The van der Waals surface area contributed by atoms with Crippen molar-refractivity contribution in [3.8, 4) is 5.75 Å². The number of carbonyl (C=O) groups is 6. The molecule has 20 nitrogen and oxygen atoms in total. The Balaban J connectivity index is 0.00000103. The number of rotatable bonds is 10. The fraction of sp³-hybridized carbons (Fsp3) is 0.660. The Morgan fingerprint density at radius 1 is 1.00 bits per heavy atom. The quantitative estimate of drug-likeness (QED) is 0.150. The first-order valence-electron chi connectivity index (χ1n) is 22.6. The molecule has 0 bridgehead atoms. The summed E-state index contributed by atoms with van der Waals surface area (Å²) in [6.07, 6.45) is 1.58. The summed E-state index contributed by atoms with van der Waals surface area (Å²) >= 11 is 0. The summed E-state index contributed by atoms with van der Waals surface area (Å²) in [5, 5.41) is 38.6. The van der Waals surface area contributed by atoms with Crippen molar-refractivity contribution >= 4 is 46.5 Å². The van der Waals surface area contributed by atoms with Gasteiger partial charge in [-0.25, -0.2) is 14.4 Å². The number of aromatic nitrogens is 2. The summed E-state index contributed by atoms with van der Waals surface area (Å²) in [5.41, 5.74) is -1.38. The number of cyclic esters (lactones) is 1. The molecule has 4 aliphatic rings. The molecule has 6 heterocycles. The van der Waals surface area contributed by atoms with E-state index in [-0.39, 0.29) is 44.0 Å². The van der Waals surface area contributed by atoms with Crippen LogP contribution >= 0.6 is 0 Å². The highest BCUT2D eigenvalue weighted by Crippen LogP contribution is 2.45. The number of carboxylic acid groups (broad SMARTS) is 2. The van der Waals surface area contributed by atoms with Crippen LogP contribution < -0.4 is 0 Å². The number of carbonyl (C=O) groups excluding carboxylic acids is 4. The van der Waals surface area contributed by atoms with Crippen LogP contribution in [0.4, 0.5) is 4.79 Å². The Labute approximate surface area is 392 Å². The number of carboxylic acids is 2. The van der Waals surface area contributed by atoms with E-state index in [0.29, 0.717) is 49.3 Å². The van der Waals surface area contributed by atoms with E-state index < -0.39 is 95.3 Å². The van der Waals surface area contributed by atoms with Gasteiger partial charge in [-0.3, -0.25) is 34.2 Å². The fourth-order valence-electron chi connectivity index (χ4n) is 10.2. The number of aromatic hydroxyl groups is 1. The van der Waals surface area contributed by atoms with Gasteiger partial charge in [0.05, 0.1) is 41.6 Å². The zero-order valence-electron chi connectivity index (χ0n) is 40.2. The third-order valence-electron chi connectivity index (χ3n) is 13.9. The first-order chi connectivity index (χ1) is 31.4. The van der Waals surface area contributed by atoms with Gasteiger partial charge in [0.25, 0.3) is 0 Å². The van der Waals surface area contributed by atoms with Crippen molar-refractivity contribution in [2.45, 2.75) is 141 Å². The Bertz CT molecular complexity index is 2180. The van der Waals surface area contributed by atoms with E-state index in [1.165, 1.54) is 20.2 Å². The number of Topliss-reactive ketones (excluding diaryl/α,β-unsaturated/α-hetero) is 2. The average Bonchev–Trinajstić information content (AvgIpc) is 3.53. The highest BCUT2D eigenvalue weighted by molar-refractivity contribution is 6.00. The SMILES string of the molecule is CC[C@H]1OC(=O)[C@H](C)C(=O)[C@H](C)[C@@H](O[C@@H]2O[C@H](C)C[C@H](N(C)C)[C@H]2O)[C@](C)(OC)C[C@@H](C)C(=O)[C@H](C)[C@H]2N(C3CN(Cc4c(O)cnc5ccncc45)C3)C(=O)O[C@]12C.O=C(O)/C=C/C(=O)O.[HH]. The molecule has 0 spiro atoms. The van der Waals surface area contributed by atoms with Crippen LogP contribution in [0, 0.1) is 23.7 Å². The lowest BCUT2D eigenvalue weighted by molar-refractivity contribution is -0.295. The van der Waals surface area contributed by atoms with E-state index in [0.717, 1.165) is 5.39 Å². The van der Waals surface area contributed by atoms with Gasteiger partial charge in [0.1, 0.15) is 29.7 Å². The smallest absolute Gasteiger partial charge is 0.411 e. The molecule has 4 fully saturated rings. The molecule has 1 amide bonds. The maximum atomic E-state index is 14.8. The minimum absolute atomic E-state index is 0. The predicted octanol–water partition coefficient (Wildman–Crippen LogP) is 3.68. The second kappa shape index (κ2) is 21.5. The van der Waals surface area contributed by atoms with Crippen LogP contribution in [0.2, 0.25) is 0 Å². The van der Waals surface area contributed by atoms with Gasteiger partial charge < -0.3 is 49.0 Å². The van der Waals surface area contributed by atoms with Crippen molar-refractivity contribution in [3.63, 3.8) is 0 Å². The van der Waals surface area contributed by atoms with Gasteiger partial charge in [0, 0.05) is 87.5 Å². The molecule has 4 saturated heterocycles. The third kappa shape index (κ3) is 11.3.